The Morgan fingerprint density at radius 1 is 0.870 bits per heavy atom. The molecule has 0 aromatic carbocycles. The number of hydrogen-bond acceptors (Lipinski definition) is 5. The second-order valence-corrected chi connectivity index (χ2v) is 6.78. The standard InChI is InChI=1S/C12H26O4S.C4H8O.Na/c1-2-3-4-5-6-7-8-9-10-11-12-16-17(13,14)15;1-2-4-5-3-1;/h2-12H2,1H3,(H,13,14,15);1-4H2;/q;;+1/p-1. The van der Waals surface area contributed by atoms with Crippen molar-refractivity contribution in [2.45, 2.75) is 84.0 Å². The van der Waals surface area contributed by atoms with Gasteiger partial charge in [0.25, 0.3) is 0 Å². The van der Waals surface area contributed by atoms with E-state index in [1.54, 1.807) is 0 Å². The fourth-order valence-electron chi connectivity index (χ4n) is 2.26. The smallest absolute Gasteiger partial charge is 0.726 e. The molecule has 0 aromatic heterocycles. The Morgan fingerprint density at radius 2 is 1.30 bits per heavy atom. The summed E-state index contributed by atoms with van der Waals surface area (Å²) in [6, 6.07) is 0. The summed E-state index contributed by atoms with van der Waals surface area (Å²) in [6.07, 6.45) is 14.3. The number of ether oxygens (including phenoxy) is 1. The van der Waals surface area contributed by atoms with E-state index in [4.69, 9.17) is 4.74 Å². The van der Waals surface area contributed by atoms with Gasteiger partial charge in [0, 0.05) is 13.2 Å². The normalized spacial score (nSPS) is 14.0. The summed E-state index contributed by atoms with van der Waals surface area (Å²) in [5.41, 5.74) is 0. The van der Waals surface area contributed by atoms with Gasteiger partial charge in [-0.2, -0.15) is 0 Å². The molecular formula is C16H33NaO5S. The third-order valence-corrected chi connectivity index (χ3v) is 4.01. The van der Waals surface area contributed by atoms with Crippen LogP contribution in [0.15, 0.2) is 0 Å². The molecule has 1 rings (SSSR count). The van der Waals surface area contributed by atoms with E-state index in [0.29, 0.717) is 6.42 Å². The quantitative estimate of drug-likeness (QED) is 0.226. The summed E-state index contributed by atoms with van der Waals surface area (Å²) in [4.78, 5) is 0. The van der Waals surface area contributed by atoms with Gasteiger partial charge in [0.1, 0.15) is 0 Å². The molecule has 0 unspecified atom stereocenters. The summed E-state index contributed by atoms with van der Waals surface area (Å²) in [5.74, 6) is 0. The summed E-state index contributed by atoms with van der Waals surface area (Å²) >= 11 is 0. The maximum atomic E-state index is 10.1. The minimum atomic E-state index is -4.48. The first-order valence-corrected chi connectivity index (χ1v) is 10.1. The fourth-order valence-corrected chi connectivity index (χ4v) is 2.58. The molecule has 1 aliphatic rings. The van der Waals surface area contributed by atoms with E-state index in [9.17, 15) is 13.0 Å². The predicted octanol–water partition coefficient (Wildman–Crippen LogP) is 1.18. The van der Waals surface area contributed by atoms with Crippen molar-refractivity contribution in [3.8, 4) is 0 Å². The van der Waals surface area contributed by atoms with Crippen molar-refractivity contribution < 1.29 is 51.4 Å². The van der Waals surface area contributed by atoms with Crippen molar-refractivity contribution in [3.05, 3.63) is 0 Å². The molecule has 0 radical (unpaired) electrons. The molecule has 5 nitrogen and oxygen atoms in total. The monoisotopic (exact) mass is 360 g/mol. The predicted molar refractivity (Wildman–Crippen MR) is 87.5 cm³/mol. The van der Waals surface area contributed by atoms with Crippen LogP contribution in [0.25, 0.3) is 0 Å². The number of unbranched alkanes of at least 4 members (excludes halogenated alkanes) is 9. The molecule has 1 fully saturated rings. The first kappa shape index (κ1) is 26.1. The Kier molecular flexibility index (Phi) is 21.7. The Labute approximate surface area is 165 Å². The van der Waals surface area contributed by atoms with Crippen LogP contribution in [0.1, 0.15) is 84.0 Å². The van der Waals surface area contributed by atoms with Gasteiger partial charge in [-0.25, -0.2) is 8.42 Å². The van der Waals surface area contributed by atoms with Crippen LogP contribution in [-0.2, 0) is 19.3 Å². The van der Waals surface area contributed by atoms with E-state index < -0.39 is 10.4 Å². The van der Waals surface area contributed by atoms with E-state index in [0.717, 1.165) is 26.1 Å². The Balaban J connectivity index is 0. The van der Waals surface area contributed by atoms with Crippen LogP contribution in [0, 0.1) is 0 Å². The third-order valence-electron chi connectivity index (χ3n) is 3.55. The molecule has 0 atom stereocenters. The third kappa shape index (κ3) is 25.2. The molecule has 0 bridgehead atoms. The molecule has 0 saturated carbocycles. The van der Waals surface area contributed by atoms with E-state index in [-0.39, 0.29) is 36.2 Å². The molecule has 0 N–H and O–H groups in total. The van der Waals surface area contributed by atoms with E-state index in [1.807, 2.05) is 0 Å². The largest absolute Gasteiger partial charge is 1.00 e. The minimum absolute atomic E-state index is 0. The van der Waals surface area contributed by atoms with Crippen molar-refractivity contribution in [1.82, 2.24) is 0 Å². The van der Waals surface area contributed by atoms with Crippen molar-refractivity contribution in [3.63, 3.8) is 0 Å². The zero-order valence-electron chi connectivity index (χ0n) is 15.1. The van der Waals surface area contributed by atoms with Crippen LogP contribution in [0.2, 0.25) is 0 Å². The van der Waals surface area contributed by atoms with Gasteiger partial charge in [-0.15, -0.1) is 0 Å². The second-order valence-electron chi connectivity index (χ2n) is 5.73. The molecule has 1 aliphatic heterocycles. The van der Waals surface area contributed by atoms with Gasteiger partial charge in [0.05, 0.1) is 6.61 Å². The van der Waals surface area contributed by atoms with Crippen LogP contribution in [-0.4, -0.2) is 32.8 Å². The average molecular weight is 360 g/mol. The first-order valence-electron chi connectivity index (χ1n) is 8.74. The van der Waals surface area contributed by atoms with E-state index in [1.165, 1.54) is 57.8 Å². The molecule has 0 amide bonds. The van der Waals surface area contributed by atoms with Crippen LogP contribution in [0.5, 0.6) is 0 Å². The van der Waals surface area contributed by atoms with Gasteiger partial charge >= 0.3 is 29.6 Å². The van der Waals surface area contributed by atoms with Gasteiger partial charge in [-0.05, 0) is 19.3 Å². The fraction of sp³-hybridized carbons (Fsp3) is 1.00. The summed E-state index contributed by atoms with van der Waals surface area (Å²) in [5, 5.41) is 0. The summed E-state index contributed by atoms with van der Waals surface area (Å²) in [7, 11) is -4.48. The first-order chi connectivity index (χ1) is 10.6. The number of rotatable bonds is 12. The number of hydrogen-bond donors (Lipinski definition) is 0. The molecule has 7 heteroatoms. The van der Waals surface area contributed by atoms with Gasteiger partial charge in [-0.1, -0.05) is 64.7 Å². The van der Waals surface area contributed by atoms with Crippen molar-refractivity contribution >= 4 is 10.4 Å². The Hall–Kier alpha value is 0.830. The van der Waals surface area contributed by atoms with E-state index in [2.05, 4.69) is 11.1 Å². The summed E-state index contributed by atoms with van der Waals surface area (Å²) < 4.78 is 39.4. The molecule has 134 valence electrons. The Morgan fingerprint density at radius 3 is 1.65 bits per heavy atom. The van der Waals surface area contributed by atoms with Crippen LogP contribution >= 0.6 is 0 Å². The summed E-state index contributed by atoms with van der Waals surface area (Å²) in [6.45, 7) is 4.24. The average Bonchev–Trinajstić information content (AvgIpc) is 3.03. The molecule has 0 aromatic rings. The molecule has 0 aliphatic carbocycles. The van der Waals surface area contributed by atoms with Gasteiger partial charge in [-0.3, -0.25) is 4.18 Å². The van der Waals surface area contributed by atoms with Gasteiger partial charge < -0.3 is 9.29 Å². The van der Waals surface area contributed by atoms with Crippen molar-refractivity contribution in [2.24, 2.45) is 0 Å². The molecule has 1 heterocycles. The zero-order chi connectivity index (χ0) is 16.5. The zero-order valence-corrected chi connectivity index (χ0v) is 17.9. The Bertz CT molecular complexity index is 311. The van der Waals surface area contributed by atoms with Crippen molar-refractivity contribution in [2.75, 3.05) is 19.8 Å². The van der Waals surface area contributed by atoms with E-state index >= 15 is 0 Å². The topological polar surface area (TPSA) is 75.7 Å². The molecule has 0 spiro atoms. The van der Waals surface area contributed by atoms with Crippen molar-refractivity contribution in [1.29, 1.82) is 0 Å². The molecule has 1 saturated heterocycles. The van der Waals surface area contributed by atoms with Gasteiger partial charge in [0.15, 0.2) is 0 Å². The maximum absolute atomic E-state index is 10.1. The second kappa shape index (κ2) is 19.2. The van der Waals surface area contributed by atoms with Crippen LogP contribution < -0.4 is 29.6 Å². The van der Waals surface area contributed by atoms with Crippen LogP contribution in [0.3, 0.4) is 0 Å². The SMILES string of the molecule is C1CCOC1.CCCCCCCCCCCCOS(=O)(=O)[O-].[Na+]. The minimum Gasteiger partial charge on any atom is -0.726 e. The van der Waals surface area contributed by atoms with Crippen LogP contribution in [0.4, 0.5) is 0 Å². The molecular weight excluding hydrogens is 327 g/mol. The molecule has 23 heavy (non-hydrogen) atoms. The maximum Gasteiger partial charge on any atom is 1.00 e. The van der Waals surface area contributed by atoms with Gasteiger partial charge in [0.2, 0.25) is 10.4 Å².